The van der Waals surface area contributed by atoms with Gasteiger partial charge < -0.3 is 10.0 Å². The molecule has 0 unspecified atom stereocenters. The summed E-state index contributed by atoms with van der Waals surface area (Å²) in [5, 5.41) is 9.45. The highest BCUT2D eigenvalue weighted by Gasteiger charge is 2.28. The molecular formula is C14H17BrFNO2. The quantitative estimate of drug-likeness (QED) is 0.905. The van der Waals surface area contributed by atoms with Crippen LogP contribution in [-0.4, -0.2) is 24.2 Å². The van der Waals surface area contributed by atoms with Crippen LogP contribution in [0, 0.1) is 11.7 Å². The molecule has 0 radical (unpaired) electrons. The topological polar surface area (TPSA) is 40.5 Å². The molecule has 1 saturated carbocycles. The van der Waals surface area contributed by atoms with Gasteiger partial charge in [-0.05, 0) is 43.9 Å². The average Bonchev–Trinajstić information content (AvgIpc) is 2.41. The summed E-state index contributed by atoms with van der Waals surface area (Å²) in [5.74, 6) is -0.606. The summed E-state index contributed by atoms with van der Waals surface area (Å²) in [5.41, 5.74) is 0.283. The molecule has 1 fully saturated rings. The van der Waals surface area contributed by atoms with Gasteiger partial charge in [-0.3, -0.25) is 4.79 Å². The van der Waals surface area contributed by atoms with Gasteiger partial charge in [0.05, 0.1) is 11.8 Å². The molecule has 0 bridgehead atoms. The first kappa shape index (κ1) is 14.5. The molecule has 0 atom stereocenters. The van der Waals surface area contributed by atoms with Gasteiger partial charge in [-0.1, -0.05) is 15.9 Å². The van der Waals surface area contributed by atoms with Crippen molar-refractivity contribution in [2.75, 3.05) is 11.9 Å². The summed E-state index contributed by atoms with van der Waals surface area (Å²) in [7, 11) is 1.60. The monoisotopic (exact) mass is 329 g/mol. The molecule has 1 amide bonds. The fraction of sp³-hybridized carbons (Fsp3) is 0.500. The summed E-state index contributed by atoms with van der Waals surface area (Å²) in [6.07, 6.45) is 2.33. The Morgan fingerprint density at radius 3 is 2.63 bits per heavy atom. The van der Waals surface area contributed by atoms with E-state index < -0.39 is 5.82 Å². The molecule has 1 N–H and O–H groups in total. The number of nitrogens with zero attached hydrogens (tertiary/aromatic N) is 1. The number of aliphatic hydroxyl groups excluding tert-OH is 1. The lowest BCUT2D eigenvalue weighted by molar-refractivity contribution is -0.123. The van der Waals surface area contributed by atoms with Crippen molar-refractivity contribution >= 4 is 27.5 Å². The molecule has 0 heterocycles. The Labute approximate surface area is 120 Å². The van der Waals surface area contributed by atoms with Gasteiger partial charge in [0, 0.05) is 17.4 Å². The van der Waals surface area contributed by atoms with Crippen molar-refractivity contribution in [3.8, 4) is 0 Å². The first-order valence-electron chi connectivity index (χ1n) is 6.39. The Hall–Kier alpha value is -0.940. The summed E-state index contributed by atoms with van der Waals surface area (Å²) in [6, 6.07) is 4.55. The van der Waals surface area contributed by atoms with Gasteiger partial charge in [-0.15, -0.1) is 0 Å². The van der Waals surface area contributed by atoms with Crippen LogP contribution in [0.5, 0.6) is 0 Å². The van der Waals surface area contributed by atoms with Crippen LogP contribution >= 0.6 is 15.9 Å². The number of hydrogen-bond acceptors (Lipinski definition) is 2. The fourth-order valence-corrected chi connectivity index (χ4v) is 2.81. The van der Waals surface area contributed by atoms with Gasteiger partial charge in [-0.25, -0.2) is 4.39 Å². The number of benzene rings is 1. The zero-order valence-electron chi connectivity index (χ0n) is 10.8. The van der Waals surface area contributed by atoms with Gasteiger partial charge in [0.25, 0.3) is 0 Å². The van der Waals surface area contributed by atoms with E-state index in [1.165, 1.54) is 11.0 Å². The van der Waals surface area contributed by atoms with Gasteiger partial charge in [0.15, 0.2) is 0 Å². The van der Waals surface area contributed by atoms with Crippen molar-refractivity contribution in [1.29, 1.82) is 0 Å². The van der Waals surface area contributed by atoms with Crippen molar-refractivity contribution in [3.63, 3.8) is 0 Å². The van der Waals surface area contributed by atoms with Crippen LogP contribution in [0.25, 0.3) is 0 Å². The zero-order chi connectivity index (χ0) is 14.0. The minimum absolute atomic E-state index is 0.0797. The maximum atomic E-state index is 13.8. The number of rotatable bonds is 2. The van der Waals surface area contributed by atoms with E-state index in [1.54, 1.807) is 19.2 Å². The van der Waals surface area contributed by atoms with E-state index in [0.717, 1.165) is 4.47 Å². The lowest BCUT2D eigenvalue weighted by Crippen LogP contribution is -2.36. The fourth-order valence-electron chi connectivity index (χ4n) is 2.46. The van der Waals surface area contributed by atoms with Gasteiger partial charge in [-0.2, -0.15) is 0 Å². The molecule has 0 spiro atoms. The Balaban J connectivity index is 2.12. The number of amides is 1. The molecule has 5 heteroatoms. The van der Waals surface area contributed by atoms with E-state index in [4.69, 9.17) is 0 Å². The standard InChI is InChI=1S/C14H17BrFNO2/c1-17(13-8-10(15)4-7-12(13)16)14(19)9-2-5-11(18)6-3-9/h4,7-9,11,18H,2-3,5-6H2,1H3. The highest BCUT2D eigenvalue weighted by molar-refractivity contribution is 9.10. The molecule has 104 valence electrons. The van der Waals surface area contributed by atoms with Gasteiger partial charge in [0.1, 0.15) is 5.82 Å². The van der Waals surface area contributed by atoms with Crippen molar-refractivity contribution in [2.45, 2.75) is 31.8 Å². The summed E-state index contributed by atoms with van der Waals surface area (Å²) in [6.45, 7) is 0. The third-order valence-corrected chi connectivity index (χ3v) is 4.14. The van der Waals surface area contributed by atoms with Crippen molar-refractivity contribution < 1.29 is 14.3 Å². The number of hydrogen-bond donors (Lipinski definition) is 1. The summed E-state index contributed by atoms with van der Waals surface area (Å²) >= 11 is 3.28. The summed E-state index contributed by atoms with van der Waals surface area (Å²) < 4.78 is 14.5. The number of carbonyl (C=O) groups excluding carboxylic acids is 1. The highest BCUT2D eigenvalue weighted by Crippen LogP contribution is 2.29. The number of aliphatic hydroxyl groups is 1. The number of anilines is 1. The second-order valence-electron chi connectivity index (χ2n) is 5.00. The number of halogens is 2. The molecule has 0 aliphatic heterocycles. The Bertz CT molecular complexity index is 473. The van der Waals surface area contributed by atoms with Crippen LogP contribution in [0.3, 0.4) is 0 Å². The largest absolute Gasteiger partial charge is 0.393 e. The van der Waals surface area contributed by atoms with Crippen LogP contribution in [-0.2, 0) is 4.79 Å². The van der Waals surface area contributed by atoms with Crippen molar-refractivity contribution in [1.82, 2.24) is 0 Å². The van der Waals surface area contributed by atoms with E-state index in [1.807, 2.05) is 0 Å². The van der Waals surface area contributed by atoms with Crippen molar-refractivity contribution in [3.05, 3.63) is 28.5 Å². The Kier molecular flexibility index (Phi) is 4.58. The van der Waals surface area contributed by atoms with Crippen LogP contribution in [0.1, 0.15) is 25.7 Å². The van der Waals surface area contributed by atoms with Gasteiger partial charge >= 0.3 is 0 Å². The molecule has 1 aliphatic carbocycles. The van der Waals surface area contributed by atoms with Crippen LogP contribution in [0.2, 0.25) is 0 Å². The maximum absolute atomic E-state index is 13.8. The van der Waals surface area contributed by atoms with Crippen molar-refractivity contribution in [2.24, 2.45) is 5.92 Å². The molecule has 3 nitrogen and oxygen atoms in total. The average molecular weight is 330 g/mol. The van der Waals surface area contributed by atoms with E-state index in [2.05, 4.69) is 15.9 Å². The SMILES string of the molecule is CN(C(=O)C1CCC(O)CC1)c1cc(Br)ccc1F. The predicted molar refractivity (Wildman–Crippen MR) is 75.5 cm³/mol. The van der Waals surface area contributed by atoms with E-state index in [-0.39, 0.29) is 23.6 Å². The van der Waals surface area contributed by atoms with E-state index in [0.29, 0.717) is 25.7 Å². The van der Waals surface area contributed by atoms with E-state index in [9.17, 15) is 14.3 Å². The molecule has 2 rings (SSSR count). The lowest BCUT2D eigenvalue weighted by Gasteiger charge is -2.28. The van der Waals surface area contributed by atoms with Gasteiger partial charge in [0.2, 0.25) is 5.91 Å². The molecular weight excluding hydrogens is 313 g/mol. The minimum Gasteiger partial charge on any atom is -0.393 e. The molecule has 1 aliphatic rings. The van der Waals surface area contributed by atoms with Crippen LogP contribution in [0.4, 0.5) is 10.1 Å². The predicted octanol–water partition coefficient (Wildman–Crippen LogP) is 3.10. The first-order valence-corrected chi connectivity index (χ1v) is 7.19. The lowest BCUT2D eigenvalue weighted by atomic mass is 9.86. The highest BCUT2D eigenvalue weighted by atomic mass is 79.9. The second kappa shape index (κ2) is 6.01. The van der Waals surface area contributed by atoms with E-state index >= 15 is 0 Å². The van der Waals surface area contributed by atoms with Crippen LogP contribution in [0.15, 0.2) is 22.7 Å². The molecule has 0 aromatic heterocycles. The molecule has 1 aromatic carbocycles. The molecule has 1 aromatic rings. The minimum atomic E-state index is -0.408. The smallest absolute Gasteiger partial charge is 0.229 e. The second-order valence-corrected chi connectivity index (χ2v) is 5.91. The molecule has 0 saturated heterocycles. The Morgan fingerprint density at radius 2 is 2.00 bits per heavy atom. The third kappa shape index (κ3) is 3.34. The zero-order valence-corrected chi connectivity index (χ0v) is 12.4. The number of carbonyl (C=O) groups is 1. The normalized spacial score (nSPS) is 23.2. The summed E-state index contributed by atoms with van der Waals surface area (Å²) in [4.78, 5) is 13.7. The Morgan fingerprint density at radius 1 is 1.37 bits per heavy atom. The van der Waals surface area contributed by atoms with Crippen LogP contribution < -0.4 is 4.90 Å². The molecule has 19 heavy (non-hydrogen) atoms. The third-order valence-electron chi connectivity index (χ3n) is 3.65. The maximum Gasteiger partial charge on any atom is 0.229 e. The first-order chi connectivity index (χ1) is 8.99.